The average molecular weight is 121 g/mol. The fraction of sp³-hybridized carbons (Fsp3) is 0.500. The van der Waals surface area contributed by atoms with Gasteiger partial charge in [-0.25, -0.2) is 0 Å². The third-order valence-electron chi connectivity index (χ3n) is 2.17. The van der Waals surface area contributed by atoms with Gasteiger partial charge in [-0.2, -0.15) is 0 Å². The van der Waals surface area contributed by atoms with Crippen LogP contribution in [0, 0.1) is 0 Å². The summed E-state index contributed by atoms with van der Waals surface area (Å²) in [6.07, 6.45) is 3.50. The molecule has 0 saturated carbocycles. The van der Waals surface area contributed by atoms with Gasteiger partial charge in [0.1, 0.15) is 0 Å². The fourth-order valence-corrected chi connectivity index (χ4v) is 1.56. The molecule has 48 valence electrons. The SMILES string of the molecule is CC1CCn2cccc21. The van der Waals surface area contributed by atoms with Crippen LogP contribution in [0.15, 0.2) is 18.3 Å². The highest BCUT2D eigenvalue weighted by molar-refractivity contribution is 5.15. The number of hydrogen-bond donors (Lipinski definition) is 0. The smallest absolute Gasteiger partial charge is 0.0228 e. The molecular weight excluding hydrogens is 110 g/mol. The van der Waals surface area contributed by atoms with Gasteiger partial charge in [-0.1, -0.05) is 6.92 Å². The summed E-state index contributed by atoms with van der Waals surface area (Å²) in [5.41, 5.74) is 1.51. The number of aryl methyl sites for hydroxylation is 1. The van der Waals surface area contributed by atoms with Gasteiger partial charge in [-0.05, 0) is 24.5 Å². The maximum atomic E-state index is 2.34. The van der Waals surface area contributed by atoms with Gasteiger partial charge in [-0.3, -0.25) is 0 Å². The van der Waals surface area contributed by atoms with Crippen molar-refractivity contribution in [1.29, 1.82) is 0 Å². The quantitative estimate of drug-likeness (QED) is 0.494. The lowest BCUT2D eigenvalue weighted by molar-refractivity contribution is 0.703. The molecule has 0 radical (unpaired) electrons. The van der Waals surface area contributed by atoms with Gasteiger partial charge in [0.25, 0.3) is 0 Å². The number of fused-ring (bicyclic) bond motifs is 1. The summed E-state index contributed by atoms with van der Waals surface area (Å²) in [6, 6.07) is 4.35. The van der Waals surface area contributed by atoms with Crippen LogP contribution in [0.1, 0.15) is 25.0 Å². The van der Waals surface area contributed by atoms with Crippen LogP contribution >= 0.6 is 0 Å². The zero-order chi connectivity index (χ0) is 6.27. The van der Waals surface area contributed by atoms with Gasteiger partial charge in [-0.15, -0.1) is 0 Å². The van der Waals surface area contributed by atoms with Crippen LogP contribution in [0.3, 0.4) is 0 Å². The molecule has 2 heterocycles. The van der Waals surface area contributed by atoms with Gasteiger partial charge < -0.3 is 4.57 Å². The molecule has 9 heavy (non-hydrogen) atoms. The van der Waals surface area contributed by atoms with Crippen molar-refractivity contribution in [2.75, 3.05) is 0 Å². The molecule has 1 unspecified atom stereocenters. The predicted molar refractivity (Wildman–Crippen MR) is 37.5 cm³/mol. The summed E-state index contributed by atoms with van der Waals surface area (Å²) in [7, 11) is 0. The minimum Gasteiger partial charge on any atom is -0.351 e. The van der Waals surface area contributed by atoms with Crippen LogP contribution in [0.4, 0.5) is 0 Å². The highest BCUT2D eigenvalue weighted by Crippen LogP contribution is 2.26. The van der Waals surface area contributed by atoms with E-state index in [9.17, 15) is 0 Å². The number of rotatable bonds is 0. The molecule has 1 nitrogen and oxygen atoms in total. The second kappa shape index (κ2) is 1.63. The summed E-state index contributed by atoms with van der Waals surface area (Å²) in [5.74, 6) is 0.792. The third-order valence-corrected chi connectivity index (χ3v) is 2.17. The number of nitrogens with zero attached hydrogens (tertiary/aromatic N) is 1. The van der Waals surface area contributed by atoms with E-state index in [0.29, 0.717) is 0 Å². The molecule has 0 N–H and O–H groups in total. The summed E-state index contributed by atoms with van der Waals surface area (Å²) in [4.78, 5) is 0. The standard InChI is InChI=1S/C8H11N/c1-7-4-6-9-5-2-3-8(7)9/h2-3,5,7H,4,6H2,1H3. The van der Waals surface area contributed by atoms with Gasteiger partial charge >= 0.3 is 0 Å². The van der Waals surface area contributed by atoms with Gasteiger partial charge in [0.05, 0.1) is 0 Å². The first kappa shape index (κ1) is 5.10. The Labute approximate surface area is 55.3 Å². The molecule has 0 aliphatic carbocycles. The van der Waals surface area contributed by atoms with E-state index in [1.54, 1.807) is 0 Å². The topological polar surface area (TPSA) is 4.93 Å². The Kier molecular flexibility index (Phi) is 0.922. The van der Waals surface area contributed by atoms with Crippen molar-refractivity contribution in [2.45, 2.75) is 25.8 Å². The molecule has 2 rings (SSSR count). The number of aromatic nitrogens is 1. The average Bonchev–Trinajstić information content (AvgIpc) is 2.35. The summed E-state index contributed by atoms with van der Waals surface area (Å²) in [6.45, 7) is 3.52. The minimum absolute atomic E-state index is 0.792. The van der Waals surface area contributed by atoms with Crippen LogP contribution in [0.25, 0.3) is 0 Å². The molecule has 0 saturated heterocycles. The van der Waals surface area contributed by atoms with Crippen LogP contribution in [-0.2, 0) is 6.54 Å². The Morgan fingerprint density at radius 1 is 1.67 bits per heavy atom. The molecule has 0 spiro atoms. The first-order valence-corrected chi connectivity index (χ1v) is 3.53. The van der Waals surface area contributed by atoms with E-state index >= 15 is 0 Å². The van der Waals surface area contributed by atoms with Crippen molar-refractivity contribution >= 4 is 0 Å². The lowest BCUT2D eigenvalue weighted by Crippen LogP contribution is -1.87. The van der Waals surface area contributed by atoms with Crippen molar-refractivity contribution in [2.24, 2.45) is 0 Å². The highest BCUT2D eigenvalue weighted by Gasteiger charge is 2.15. The minimum atomic E-state index is 0.792. The summed E-state index contributed by atoms with van der Waals surface area (Å²) >= 11 is 0. The van der Waals surface area contributed by atoms with Crippen molar-refractivity contribution in [1.82, 2.24) is 4.57 Å². The Morgan fingerprint density at radius 3 is 3.33 bits per heavy atom. The van der Waals surface area contributed by atoms with Crippen molar-refractivity contribution in [3.8, 4) is 0 Å². The van der Waals surface area contributed by atoms with Crippen LogP contribution < -0.4 is 0 Å². The second-order valence-electron chi connectivity index (χ2n) is 2.82. The molecule has 1 heteroatoms. The second-order valence-corrected chi connectivity index (χ2v) is 2.82. The van der Waals surface area contributed by atoms with Gasteiger partial charge in [0.15, 0.2) is 0 Å². The summed E-state index contributed by atoms with van der Waals surface area (Å²) < 4.78 is 2.34. The van der Waals surface area contributed by atoms with E-state index in [1.165, 1.54) is 18.7 Å². The third kappa shape index (κ3) is 0.607. The van der Waals surface area contributed by atoms with Crippen LogP contribution in [-0.4, -0.2) is 4.57 Å². The number of hydrogen-bond acceptors (Lipinski definition) is 0. The molecule has 0 amide bonds. The monoisotopic (exact) mass is 121 g/mol. The van der Waals surface area contributed by atoms with Gasteiger partial charge in [0, 0.05) is 18.4 Å². The molecule has 1 aromatic rings. The zero-order valence-corrected chi connectivity index (χ0v) is 5.67. The van der Waals surface area contributed by atoms with E-state index in [2.05, 4.69) is 29.8 Å². The lowest BCUT2D eigenvalue weighted by atomic mass is 10.1. The van der Waals surface area contributed by atoms with Crippen LogP contribution in [0.2, 0.25) is 0 Å². The van der Waals surface area contributed by atoms with E-state index in [-0.39, 0.29) is 0 Å². The molecule has 0 aromatic carbocycles. The molecule has 1 aromatic heterocycles. The van der Waals surface area contributed by atoms with Crippen molar-refractivity contribution in [3.05, 3.63) is 24.0 Å². The van der Waals surface area contributed by atoms with E-state index in [0.717, 1.165) is 5.92 Å². The van der Waals surface area contributed by atoms with Crippen molar-refractivity contribution < 1.29 is 0 Å². The first-order chi connectivity index (χ1) is 4.38. The van der Waals surface area contributed by atoms with E-state index in [1.807, 2.05) is 0 Å². The fourth-order valence-electron chi connectivity index (χ4n) is 1.56. The maximum Gasteiger partial charge on any atom is 0.0228 e. The molecule has 1 aliphatic rings. The molecule has 0 bridgehead atoms. The molecule has 1 aliphatic heterocycles. The molecule has 1 atom stereocenters. The molecule has 0 fully saturated rings. The largest absolute Gasteiger partial charge is 0.351 e. The maximum absolute atomic E-state index is 2.34. The lowest BCUT2D eigenvalue weighted by Gasteiger charge is -1.96. The Morgan fingerprint density at radius 2 is 2.56 bits per heavy atom. The zero-order valence-electron chi connectivity index (χ0n) is 5.67. The molecular formula is C8H11N. The van der Waals surface area contributed by atoms with Gasteiger partial charge in [0.2, 0.25) is 0 Å². The van der Waals surface area contributed by atoms with E-state index in [4.69, 9.17) is 0 Å². The van der Waals surface area contributed by atoms with Crippen LogP contribution in [0.5, 0.6) is 0 Å². The summed E-state index contributed by atoms with van der Waals surface area (Å²) in [5, 5.41) is 0. The predicted octanol–water partition coefficient (Wildman–Crippen LogP) is 2.00. The van der Waals surface area contributed by atoms with E-state index < -0.39 is 0 Å². The normalized spacial score (nSPS) is 24.3. The first-order valence-electron chi connectivity index (χ1n) is 3.53. The highest BCUT2D eigenvalue weighted by atomic mass is 15.0. The Hall–Kier alpha value is -0.720. The Balaban J connectivity index is 2.49. The van der Waals surface area contributed by atoms with Crippen molar-refractivity contribution in [3.63, 3.8) is 0 Å². The Bertz CT molecular complexity index is 212.